The number of piperazine rings is 1. The largest absolute Gasteiger partial charge is 0.356 e. The molecule has 5 nitrogen and oxygen atoms in total. The second-order valence-corrected chi connectivity index (χ2v) is 8.82. The lowest BCUT2D eigenvalue weighted by Crippen LogP contribution is -2.43. The van der Waals surface area contributed by atoms with Crippen LogP contribution in [-0.2, 0) is 18.5 Å². The molecule has 0 spiro atoms. The highest BCUT2D eigenvalue weighted by molar-refractivity contribution is 14.0. The second-order valence-electron chi connectivity index (χ2n) is 8.82. The van der Waals surface area contributed by atoms with Crippen LogP contribution in [0.1, 0.15) is 29.5 Å². The lowest BCUT2D eigenvalue weighted by atomic mass is 9.96. The van der Waals surface area contributed by atoms with Gasteiger partial charge in [0.15, 0.2) is 5.96 Å². The molecule has 6 heteroatoms. The molecule has 0 aromatic heterocycles. The number of nitrogens with one attached hydrogen (secondary N) is 2. The summed E-state index contributed by atoms with van der Waals surface area (Å²) in [7, 11) is 4.05. The molecule has 1 aliphatic carbocycles. The Labute approximate surface area is 204 Å². The van der Waals surface area contributed by atoms with Crippen molar-refractivity contribution in [1.82, 2.24) is 20.4 Å². The third-order valence-electron chi connectivity index (χ3n) is 6.54. The molecule has 0 atom stereocenters. The molecule has 31 heavy (non-hydrogen) atoms. The minimum atomic E-state index is 0. The van der Waals surface area contributed by atoms with Crippen LogP contribution in [0.25, 0.3) is 0 Å². The maximum absolute atomic E-state index is 4.41. The topological polar surface area (TPSA) is 42.9 Å². The first-order valence-electron chi connectivity index (χ1n) is 11.2. The van der Waals surface area contributed by atoms with Gasteiger partial charge in [-0.3, -0.25) is 9.89 Å². The number of guanidine groups is 1. The van der Waals surface area contributed by atoms with Gasteiger partial charge in [-0.05, 0) is 36.6 Å². The maximum atomic E-state index is 4.41. The van der Waals surface area contributed by atoms with Crippen LogP contribution in [0.15, 0.2) is 59.6 Å². The van der Waals surface area contributed by atoms with Gasteiger partial charge >= 0.3 is 0 Å². The Hall–Kier alpha value is -1.64. The van der Waals surface area contributed by atoms with Crippen LogP contribution in [-0.4, -0.2) is 62.6 Å². The van der Waals surface area contributed by atoms with E-state index < -0.39 is 0 Å². The molecule has 2 aromatic carbocycles. The summed E-state index contributed by atoms with van der Waals surface area (Å²) in [6.45, 7) is 7.41. The van der Waals surface area contributed by atoms with Gasteiger partial charge in [-0.2, -0.15) is 0 Å². The van der Waals surface area contributed by atoms with E-state index in [1.54, 1.807) is 0 Å². The number of hydrogen-bond acceptors (Lipinski definition) is 3. The van der Waals surface area contributed by atoms with Crippen LogP contribution in [0.4, 0.5) is 0 Å². The number of likely N-dealkylation sites (N-methyl/N-ethyl adjacent to an activating group) is 1. The highest BCUT2D eigenvalue weighted by atomic mass is 127. The molecule has 1 saturated heterocycles. The van der Waals surface area contributed by atoms with E-state index in [1.807, 2.05) is 7.05 Å². The lowest BCUT2D eigenvalue weighted by molar-refractivity contribution is 0.148. The van der Waals surface area contributed by atoms with E-state index in [-0.39, 0.29) is 29.4 Å². The van der Waals surface area contributed by atoms with Crippen LogP contribution in [0.2, 0.25) is 0 Å². The summed E-state index contributed by atoms with van der Waals surface area (Å²) < 4.78 is 0. The van der Waals surface area contributed by atoms with Gasteiger partial charge < -0.3 is 15.5 Å². The molecular weight excluding hydrogens is 497 g/mol. The van der Waals surface area contributed by atoms with Gasteiger partial charge in [-0.15, -0.1) is 24.0 Å². The number of aliphatic imine (C=N–C) groups is 1. The third kappa shape index (κ3) is 6.67. The van der Waals surface area contributed by atoms with Crippen molar-refractivity contribution in [2.75, 3.05) is 46.8 Å². The number of rotatable bonds is 7. The molecule has 168 valence electrons. The fraction of sp³-hybridized carbons (Fsp3) is 0.480. The third-order valence-corrected chi connectivity index (χ3v) is 6.54. The Kier molecular flexibility index (Phi) is 8.75. The van der Waals surface area contributed by atoms with Crippen molar-refractivity contribution < 1.29 is 0 Å². The highest BCUT2D eigenvalue weighted by Gasteiger charge is 2.43. The van der Waals surface area contributed by atoms with E-state index >= 15 is 0 Å². The van der Waals surface area contributed by atoms with E-state index in [4.69, 9.17) is 0 Å². The molecule has 0 unspecified atom stereocenters. The first-order valence-corrected chi connectivity index (χ1v) is 11.2. The maximum Gasteiger partial charge on any atom is 0.191 e. The van der Waals surface area contributed by atoms with Gasteiger partial charge in [0, 0.05) is 58.3 Å². The molecule has 4 rings (SSSR count). The van der Waals surface area contributed by atoms with E-state index in [9.17, 15) is 0 Å². The molecular formula is C25H36IN5. The summed E-state index contributed by atoms with van der Waals surface area (Å²) in [5.41, 5.74) is 4.39. The molecule has 2 aliphatic rings. The highest BCUT2D eigenvalue weighted by Crippen LogP contribution is 2.47. The van der Waals surface area contributed by atoms with Gasteiger partial charge in [0.1, 0.15) is 0 Å². The molecule has 1 saturated carbocycles. The molecule has 0 radical (unpaired) electrons. The molecule has 0 bridgehead atoms. The number of nitrogens with zero attached hydrogens (tertiary/aromatic N) is 3. The SMILES string of the molecule is CN=C(NCc1ccc(CN2CCN(C)CC2)cc1)NCC1(c2ccccc2)CC1.I. The predicted octanol–water partition coefficient (Wildman–Crippen LogP) is 3.45. The normalized spacial score (nSPS) is 18.8. The number of halogens is 1. The molecule has 0 amide bonds. The summed E-state index contributed by atoms with van der Waals surface area (Å²) in [5.74, 6) is 0.874. The zero-order chi connectivity index (χ0) is 20.8. The molecule has 2 aromatic rings. The first-order chi connectivity index (χ1) is 14.7. The Morgan fingerprint density at radius 1 is 0.903 bits per heavy atom. The van der Waals surface area contributed by atoms with E-state index in [0.29, 0.717) is 0 Å². The number of benzene rings is 2. The summed E-state index contributed by atoms with van der Waals surface area (Å²) in [6, 6.07) is 19.8. The number of hydrogen-bond donors (Lipinski definition) is 2. The van der Waals surface area contributed by atoms with Crippen molar-refractivity contribution in [2.45, 2.75) is 31.3 Å². The van der Waals surface area contributed by atoms with Crippen molar-refractivity contribution in [1.29, 1.82) is 0 Å². The molecule has 2 N–H and O–H groups in total. The zero-order valence-electron chi connectivity index (χ0n) is 18.8. The fourth-order valence-electron chi connectivity index (χ4n) is 4.20. The molecule has 1 aliphatic heterocycles. The quantitative estimate of drug-likeness (QED) is 0.325. The Balaban J connectivity index is 0.00000272. The van der Waals surface area contributed by atoms with E-state index in [1.165, 1.54) is 42.6 Å². The van der Waals surface area contributed by atoms with Gasteiger partial charge in [-0.25, -0.2) is 0 Å². The van der Waals surface area contributed by atoms with Gasteiger partial charge in [0.05, 0.1) is 0 Å². The summed E-state index contributed by atoms with van der Waals surface area (Å²) in [4.78, 5) is 9.35. The monoisotopic (exact) mass is 533 g/mol. The summed E-state index contributed by atoms with van der Waals surface area (Å²) in [5, 5.41) is 7.00. The first kappa shape index (κ1) is 24.0. The van der Waals surface area contributed by atoms with Crippen molar-refractivity contribution in [3.8, 4) is 0 Å². The standard InChI is InChI=1S/C25H35N5.HI/c1-26-24(28-20-25(12-13-25)23-6-4-3-5-7-23)27-18-21-8-10-22(11-9-21)19-30-16-14-29(2)15-17-30;/h3-11H,12-20H2,1-2H3,(H2,26,27,28);1H. The average Bonchev–Trinajstić information content (AvgIpc) is 3.58. The summed E-state index contributed by atoms with van der Waals surface area (Å²) >= 11 is 0. The van der Waals surface area contributed by atoms with Gasteiger partial charge in [0.25, 0.3) is 0 Å². The van der Waals surface area contributed by atoms with Gasteiger partial charge in [0.2, 0.25) is 0 Å². The van der Waals surface area contributed by atoms with Crippen LogP contribution in [0, 0.1) is 0 Å². The van der Waals surface area contributed by atoms with E-state index in [2.05, 4.69) is 87.1 Å². The van der Waals surface area contributed by atoms with Crippen molar-refractivity contribution in [3.63, 3.8) is 0 Å². The average molecular weight is 534 g/mol. The van der Waals surface area contributed by atoms with Crippen LogP contribution in [0.5, 0.6) is 0 Å². The van der Waals surface area contributed by atoms with Crippen LogP contribution < -0.4 is 10.6 Å². The van der Waals surface area contributed by atoms with Gasteiger partial charge in [-0.1, -0.05) is 54.6 Å². The fourth-order valence-corrected chi connectivity index (χ4v) is 4.20. The van der Waals surface area contributed by atoms with Crippen molar-refractivity contribution in [3.05, 3.63) is 71.3 Å². The van der Waals surface area contributed by atoms with Crippen LogP contribution in [0.3, 0.4) is 0 Å². The Bertz CT molecular complexity index is 825. The zero-order valence-corrected chi connectivity index (χ0v) is 21.1. The lowest BCUT2D eigenvalue weighted by Gasteiger charge is -2.32. The van der Waals surface area contributed by atoms with Crippen LogP contribution >= 0.6 is 24.0 Å². The predicted molar refractivity (Wildman–Crippen MR) is 140 cm³/mol. The minimum absolute atomic E-state index is 0. The van der Waals surface area contributed by atoms with Crippen molar-refractivity contribution >= 4 is 29.9 Å². The minimum Gasteiger partial charge on any atom is -0.356 e. The Morgan fingerprint density at radius 3 is 2.16 bits per heavy atom. The molecule has 2 fully saturated rings. The second kappa shape index (κ2) is 11.3. The smallest absolute Gasteiger partial charge is 0.191 e. The van der Waals surface area contributed by atoms with Crippen molar-refractivity contribution in [2.24, 2.45) is 4.99 Å². The molecule has 1 heterocycles. The summed E-state index contributed by atoms with van der Waals surface area (Å²) in [6.07, 6.45) is 2.49. The Morgan fingerprint density at radius 2 is 1.55 bits per heavy atom. The van der Waals surface area contributed by atoms with E-state index in [0.717, 1.165) is 38.7 Å².